The number of carbonyl (C=O) groups excluding carboxylic acids is 1. The molecule has 0 aliphatic rings. The topological polar surface area (TPSA) is 50.4 Å². The van der Waals surface area contributed by atoms with Crippen molar-refractivity contribution in [1.82, 2.24) is 10.6 Å². The Morgan fingerprint density at radius 2 is 1.68 bits per heavy atom. The van der Waals surface area contributed by atoms with Crippen LogP contribution in [-0.2, 0) is 4.74 Å². The SMILES string of the molecule is CCCC(CC)NC(CC)CNC(=O)OC(C)(C)C. The summed E-state index contributed by atoms with van der Waals surface area (Å²) in [5.74, 6) is 0. The van der Waals surface area contributed by atoms with E-state index in [0.29, 0.717) is 18.6 Å². The molecule has 2 unspecified atom stereocenters. The summed E-state index contributed by atoms with van der Waals surface area (Å²) in [7, 11) is 0. The second-order valence-corrected chi connectivity index (χ2v) is 6.05. The number of hydrogen-bond acceptors (Lipinski definition) is 3. The van der Waals surface area contributed by atoms with Crippen molar-refractivity contribution in [1.29, 1.82) is 0 Å². The van der Waals surface area contributed by atoms with E-state index in [9.17, 15) is 4.79 Å². The van der Waals surface area contributed by atoms with Crippen molar-refractivity contribution in [3.63, 3.8) is 0 Å². The molecule has 0 radical (unpaired) electrons. The van der Waals surface area contributed by atoms with Crippen LogP contribution >= 0.6 is 0 Å². The molecule has 114 valence electrons. The van der Waals surface area contributed by atoms with Gasteiger partial charge in [-0.25, -0.2) is 4.79 Å². The Hall–Kier alpha value is -0.770. The maximum atomic E-state index is 11.6. The van der Waals surface area contributed by atoms with Crippen LogP contribution in [0.15, 0.2) is 0 Å². The lowest BCUT2D eigenvalue weighted by Gasteiger charge is -2.25. The molecule has 0 heterocycles. The van der Waals surface area contributed by atoms with E-state index in [-0.39, 0.29) is 6.09 Å². The summed E-state index contributed by atoms with van der Waals surface area (Å²) in [5.41, 5.74) is -0.437. The van der Waals surface area contributed by atoms with Gasteiger partial charge in [0.1, 0.15) is 5.60 Å². The number of ether oxygens (including phenoxy) is 1. The molecule has 19 heavy (non-hydrogen) atoms. The standard InChI is InChI=1S/C15H32N2O2/c1-7-10-12(8-2)17-13(9-3)11-16-14(18)19-15(4,5)6/h12-13,17H,7-11H2,1-6H3,(H,16,18). The van der Waals surface area contributed by atoms with Crippen LogP contribution in [0.1, 0.15) is 67.2 Å². The number of rotatable bonds is 8. The van der Waals surface area contributed by atoms with Crippen LogP contribution in [0.4, 0.5) is 4.79 Å². The molecule has 4 heteroatoms. The third-order valence-electron chi connectivity index (χ3n) is 2.99. The van der Waals surface area contributed by atoms with Crippen LogP contribution in [0.3, 0.4) is 0 Å². The smallest absolute Gasteiger partial charge is 0.407 e. The normalized spacial score (nSPS) is 14.8. The van der Waals surface area contributed by atoms with Gasteiger partial charge in [-0.2, -0.15) is 0 Å². The van der Waals surface area contributed by atoms with E-state index in [0.717, 1.165) is 12.8 Å². The van der Waals surface area contributed by atoms with Gasteiger partial charge in [0.25, 0.3) is 0 Å². The van der Waals surface area contributed by atoms with Crippen LogP contribution in [0.5, 0.6) is 0 Å². The summed E-state index contributed by atoms with van der Waals surface area (Å²) in [6, 6.07) is 0.847. The van der Waals surface area contributed by atoms with E-state index >= 15 is 0 Å². The lowest BCUT2D eigenvalue weighted by Crippen LogP contribution is -2.46. The third kappa shape index (κ3) is 9.77. The summed E-state index contributed by atoms with van der Waals surface area (Å²) in [6.45, 7) is 12.8. The monoisotopic (exact) mass is 272 g/mol. The van der Waals surface area contributed by atoms with Gasteiger partial charge in [-0.1, -0.05) is 27.2 Å². The molecule has 0 spiro atoms. The molecular formula is C15H32N2O2. The Morgan fingerprint density at radius 3 is 2.11 bits per heavy atom. The lowest BCUT2D eigenvalue weighted by molar-refractivity contribution is 0.0521. The van der Waals surface area contributed by atoms with E-state index in [4.69, 9.17) is 4.74 Å². The van der Waals surface area contributed by atoms with Crippen molar-refractivity contribution >= 4 is 6.09 Å². The Labute approximate surface area is 118 Å². The van der Waals surface area contributed by atoms with Crippen LogP contribution in [0, 0.1) is 0 Å². The molecule has 0 bridgehead atoms. The predicted octanol–water partition coefficient (Wildman–Crippen LogP) is 3.46. The van der Waals surface area contributed by atoms with Crippen molar-refractivity contribution in [3.8, 4) is 0 Å². The van der Waals surface area contributed by atoms with E-state index in [1.807, 2.05) is 20.8 Å². The first-order valence-corrected chi connectivity index (χ1v) is 7.55. The highest BCUT2D eigenvalue weighted by atomic mass is 16.6. The Kier molecular flexibility index (Phi) is 8.81. The predicted molar refractivity (Wildman–Crippen MR) is 80.4 cm³/mol. The zero-order valence-electron chi connectivity index (χ0n) is 13.5. The zero-order valence-corrected chi connectivity index (χ0v) is 13.5. The van der Waals surface area contributed by atoms with Crippen LogP contribution in [0.25, 0.3) is 0 Å². The van der Waals surface area contributed by atoms with Crippen LogP contribution in [-0.4, -0.2) is 30.3 Å². The molecule has 0 saturated carbocycles. The van der Waals surface area contributed by atoms with Crippen LogP contribution in [0.2, 0.25) is 0 Å². The molecule has 0 aromatic heterocycles. The summed E-state index contributed by atoms with van der Waals surface area (Å²) >= 11 is 0. The third-order valence-corrected chi connectivity index (χ3v) is 2.99. The first-order valence-electron chi connectivity index (χ1n) is 7.55. The van der Waals surface area contributed by atoms with Crippen LogP contribution < -0.4 is 10.6 Å². The minimum absolute atomic E-state index is 0.309. The maximum absolute atomic E-state index is 11.6. The maximum Gasteiger partial charge on any atom is 0.407 e. The number of hydrogen-bond donors (Lipinski definition) is 2. The number of alkyl carbamates (subject to hydrolysis) is 1. The highest BCUT2D eigenvalue weighted by Gasteiger charge is 2.17. The van der Waals surface area contributed by atoms with E-state index in [2.05, 4.69) is 31.4 Å². The van der Waals surface area contributed by atoms with Gasteiger partial charge in [0.15, 0.2) is 0 Å². The molecule has 0 aromatic carbocycles. The van der Waals surface area contributed by atoms with E-state index in [1.54, 1.807) is 0 Å². The largest absolute Gasteiger partial charge is 0.444 e. The minimum Gasteiger partial charge on any atom is -0.444 e. The first-order chi connectivity index (χ1) is 8.82. The van der Waals surface area contributed by atoms with Gasteiger partial charge in [0, 0.05) is 18.6 Å². The van der Waals surface area contributed by atoms with Gasteiger partial charge in [-0.05, 0) is 40.0 Å². The van der Waals surface area contributed by atoms with Gasteiger partial charge < -0.3 is 15.4 Å². The molecular weight excluding hydrogens is 240 g/mol. The molecule has 4 nitrogen and oxygen atoms in total. The fraction of sp³-hybridized carbons (Fsp3) is 0.933. The van der Waals surface area contributed by atoms with Crippen molar-refractivity contribution in [2.24, 2.45) is 0 Å². The molecule has 0 aromatic rings. The highest BCUT2D eigenvalue weighted by Crippen LogP contribution is 2.07. The molecule has 1 amide bonds. The minimum atomic E-state index is -0.437. The quantitative estimate of drug-likeness (QED) is 0.711. The number of amides is 1. The molecule has 0 rings (SSSR count). The van der Waals surface area contributed by atoms with Gasteiger partial charge >= 0.3 is 6.09 Å². The Bertz CT molecular complexity index is 249. The van der Waals surface area contributed by atoms with Crippen molar-refractivity contribution in [3.05, 3.63) is 0 Å². The summed E-state index contributed by atoms with van der Waals surface area (Å²) in [5, 5.41) is 6.44. The van der Waals surface area contributed by atoms with E-state index in [1.165, 1.54) is 12.8 Å². The molecule has 0 saturated heterocycles. The Morgan fingerprint density at radius 1 is 1.11 bits per heavy atom. The molecule has 2 atom stereocenters. The number of nitrogens with one attached hydrogen (secondary N) is 2. The first kappa shape index (κ1) is 18.2. The van der Waals surface area contributed by atoms with Crippen molar-refractivity contribution < 1.29 is 9.53 Å². The Balaban J connectivity index is 4.08. The summed E-state index contributed by atoms with van der Waals surface area (Å²) in [6.07, 6.45) is 4.14. The van der Waals surface area contributed by atoms with Gasteiger partial charge in [-0.3, -0.25) is 0 Å². The fourth-order valence-electron chi connectivity index (χ4n) is 1.93. The molecule has 0 aliphatic carbocycles. The second kappa shape index (κ2) is 9.18. The van der Waals surface area contributed by atoms with Crippen molar-refractivity contribution in [2.45, 2.75) is 84.9 Å². The molecule has 0 fully saturated rings. The van der Waals surface area contributed by atoms with Gasteiger partial charge in [-0.15, -0.1) is 0 Å². The summed E-state index contributed by atoms with van der Waals surface area (Å²) in [4.78, 5) is 11.6. The van der Waals surface area contributed by atoms with Crippen molar-refractivity contribution in [2.75, 3.05) is 6.54 Å². The van der Waals surface area contributed by atoms with E-state index < -0.39 is 5.60 Å². The van der Waals surface area contributed by atoms with Gasteiger partial charge in [0.2, 0.25) is 0 Å². The average molecular weight is 272 g/mol. The molecule has 0 aliphatic heterocycles. The average Bonchev–Trinajstić information content (AvgIpc) is 2.30. The fourth-order valence-corrected chi connectivity index (χ4v) is 1.93. The highest BCUT2D eigenvalue weighted by molar-refractivity contribution is 5.67. The zero-order chi connectivity index (χ0) is 14.9. The second-order valence-electron chi connectivity index (χ2n) is 6.05. The lowest BCUT2D eigenvalue weighted by atomic mass is 10.1. The van der Waals surface area contributed by atoms with Gasteiger partial charge in [0.05, 0.1) is 0 Å². The summed E-state index contributed by atoms with van der Waals surface area (Å²) < 4.78 is 5.23. The number of carbonyl (C=O) groups is 1. The molecule has 2 N–H and O–H groups in total.